The molecule has 31 heavy (non-hydrogen) atoms. The lowest BCUT2D eigenvalue weighted by molar-refractivity contribution is -0.117. The SMILES string of the molecule is O=C(CN1CCC(C(=O)c2ccccc2Cl)CC1)Nc1cc(-n2cnnn2)ccc1F. The maximum absolute atomic E-state index is 14.1. The lowest BCUT2D eigenvalue weighted by Gasteiger charge is -2.30. The topological polar surface area (TPSA) is 93.0 Å². The van der Waals surface area contributed by atoms with Crippen molar-refractivity contribution in [2.24, 2.45) is 5.92 Å². The van der Waals surface area contributed by atoms with Crippen LogP contribution in [0.15, 0.2) is 48.8 Å². The second-order valence-corrected chi connectivity index (χ2v) is 7.77. The summed E-state index contributed by atoms with van der Waals surface area (Å²) in [5.74, 6) is -0.960. The summed E-state index contributed by atoms with van der Waals surface area (Å²) in [7, 11) is 0. The molecule has 0 spiro atoms. The third-order valence-corrected chi connectivity index (χ3v) is 5.63. The van der Waals surface area contributed by atoms with Gasteiger partial charge in [0.2, 0.25) is 5.91 Å². The van der Waals surface area contributed by atoms with Gasteiger partial charge in [-0.25, -0.2) is 9.07 Å². The quantitative estimate of drug-likeness (QED) is 0.590. The smallest absolute Gasteiger partial charge is 0.238 e. The molecule has 0 saturated carbocycles. The molecule has 1 aliphatic heterocycles. The average Bonchev–Trinajstić information content (AvgIpc) is 3.31. The van der Waals surface area contributed by atoms with E-state index < -0.39 is 5.82 Å². The van der Waals surface area contributed by atoms with Crippen LogP contribution in [-0.4, -0.2) is 56.4 Å². The molecule has 3 aromatic rings. The molecule has 1 amide bonds. The number of anilines is 1. The van der Waals surface area contributed by atoms with E-state index in [0.29, 0.717) is 42.2 Å². The van der Waals surface area contributed by atoms with Gasteiger partial charge in [-0.15, -0.1) is 5.10 Å². The van der Waals surface area contributed by atoms with Crippen LogP contribution < -0.4 is 5.32 Å². The van der Waals surface area contributed by atoms with Crippen molar-refractivity contribution in [2.45, 2.75) is 12.8 Å². The van der Waals surface area contributed by atoms with Gasteiger partial charge in [0.1, 0.15) is 12.1 Å². The van der Waals surface area contributed by atoms with Crippen molar-refractivity contribution in [1.82, 2.24) is 25.1 Å². The van der Waals surface area contributed by atoms with E-state index >= 15 is 0 Å². The van der Waals surface area contributed by atoms with Gasteiger partial charge in [0.15, 0.2) is 5.78 Å². The Morgan fingerprint density at radius 3 is 2.65 bits per heavy atom. The van der Waals surface area contributed by atoms with Gasteiger partial charge in [-0.1, -0.05) is 23.7 Å². The normalized spacial score (nSPS) is 15.0. The first-order valence-corrected chi connectivity index (χ1v) is 10.2. The van der Waals surface area contributed by atoms with E-state index in [1.165, 1.54) is 29.2 Å². The molecule has 0 radical (unpaired) electrons. The number of hydrogen-bond donors (Lipinski definition) is 1. The highest BCUT2D eigenvalue weighted by atomic mass is 35.5. The number of aromatic nitrogens is 4. The standard InChI is InChI=1S/C21H20ClFN6O2/c22-17-4-2-1-3-16(17)21(31)14-7-9-28(10-8-14)12-20(30)25-19-11-15(5-6-18(19)23)29-13-24-26-27-29/h1-6,11,13-14H,7-10,12H2,(H,25,30). The second-order valence-electron chi connectivity index (χ2n) is 7.36. The molecule has 0 unspecified atom stereocenters. The number of carbonyl (C=O) groups is 2. The summed E-state index contributed by atoms with van der Waals surface area (Å²) >= 11 is 6.14. The largest absolute Gasteiger partial charge is 0.322 e. The van der Waals surface area contributed by atoms with Crippen LogP contribution in [0.2, 0.25) is 5.02 Å². The van der Waals surface area contributed by atoms with Gasteiger partial charge in [0.25, 0.3) is 0 Å². The van der Waals surface area contributed by atoms with E-state index in [4.69, 9.17) is 11.6 Å². The zero-order valence-corrected chi connectivity index (χ0v) is 17.3. The van der Waals surface area contributed by atoms with Gasteiger partial charge in [-0.05, 0) is 66.7 Å². The highest BCUT2D eigenvalue weighted by molar-refractivity contribution is 6.34. The molecule has 160 valence electrons. The van der Waals surface area contributed by atoms with E-state index in [-0.39, 0.29) is 29.8 Å². The lowest BCUT2D eigenvalue weighted by atomic mass is 9.89. The monoisotopic (exact) mass is 442 g/mol. The van der Waals surface area contributed by atoms with Crippen LogP contribution in [0, 0.1) is 11.7 Å². The number of ketones is 1. The number of benzene rings is 2. The first kappa shape index (κ1) is 21.1. The molecule has 2 heterocycles. The highest BCUT2D eigenvalue weighted by Crippen LogP contribution is 2.25. The Kier molecular flexibility index (Phi) is 6.34. The van der Waals surface area contributed by atoms with Crippen LogP contribution in [0.4, 0.5) is 10.1 Å². The number of likely N-dealkylation sites (tertiary alicyclic amines) is 1. The van der Waals surface area contributed by atoms with Crippen LogP contribution >= 0.6 is 11.6 Å². The van der Waals surface area contributed by atoms with Gasteiger partial charge >= 0.3 is 0 Å². The molecule has 0 aliphatic carbocycles. The highest BCUT2D eigenvalue weighted by Gasteiger charge is 2.27. The number of amides is 1. The fraction of sp³-hybridized carbons (Fsp3) is 0.286. The van der Waals surface area contributed by atoms with E-state index in [1.807, 2.05) is 4.90 Å². The summed E-state index contributed by atoms with van der Waals surface area (Å²) < 4.78 is 15.5. The van der Waals surface area contributed by atoms with Crippen molar-refractivity contribution in [1.29, 1.82) is 0 Å². The summed E-state index contributed by atoms with van der Waals surface area (Å²) in [5.41, 5.74) is 1.13. The number of tetrazole rings is 1. The van der Waals surface area contributed by atoms with Gasteiger partial charge in [0.05, 0.1) is 22.9 Å². The van der Waals surface area contributed by atoms with Gasteiger partial charge in [0, 0.05) is 11.5 Å². The van der Waals surface area contributed by atoms with E-state index in [2.05, 4.69) is 20.8 Å². The maximum atomic E-state index is 14.1. The number of piperidine rings is 1. The van der Waals surface area contributed by atoms with Crippen LogP contribution in [0.5, 0.6) is 0 Å². The minimum atomic E-state index is -0.547. The number of nitrogens with zero attached hydrogens (tertiary/aromatic N) is 5. The zero-order valence-electron chi connectivity index (χ0n) is 16.5. The van der Waals surface area contributed by atoms with E-state index in [1.54, 1.807) is 24.3 Å². The van der Waals surface area contributed by atoms with Crippen molar-refractivity contribution in [2.75, 3.05) is 25.0 Å². The number of hydrogen-bond acceptors (Lipinski definition) is 6. The predicted octanol–water partition coefficient (Wildman–Crippen LogP) is 2.99. The van der Waals surface area contributed by atoms with Crippen molar-refractivity contribution in [3.63, 3.8) is 0 Å². The molecule has 0 atom stereocenters. The Morgan fingerprint density at radius 2 is 1.94 bits per heavy atom. The van der Waals surface area contributed by atoms with Crippen LogP contribution in [0.3, 0.4) is 0 Å². The summed E-state index contributed by atoms with van der Waals surface area (Å²) in [4.78, 5) is 27.1. The molecule has 1 aliphatic rings. The van der Waals surface area contributed by atoms with Gasteiger partial charge in [-0.3, -0.25) is 14.5 Å². The summed E-state index contributed by atoms with van der Waals surface area (Å²) in [6.45, 7) is 1.31. The Morgan fingerprint density at radius 1 is 1.16 bits per heavy atom. The predicted molar refractivity (Wildman–Crippen MR) is 113 cm³/mol. The summed E-state index contributed by atoms with van der Waals surface area (Å²) in [5, 5.41) is 13.9. The maximum Gasteiger partial charge on any atom is 0.238 e. The minimum absolute atomic E-state index is 0.0381. The molecule has 1 saturated heterocycles. The van der Waals surface area contributed by atoms with Crippen molar-refractivity contribution >= 4 is 29.0 Å². The number of rotatable bonds is 6. The van der Waals surface area contributed by atoms with Crippen LogP contribution in [0.1, 0.15) is 23.2 Å². The number of Topliss-reactive ketones (excluding diaryl/α,β-unsaturated/α-hetero) is 1. The Balaban J connectivity index is 1.32. The number of carbonyl (C=O) groups excluding carboxylic acids is 2. The fourth-order valence-electron chi connectivity index (χ4n) is 3.66. The van der Waals surface area contributed by atoms with Crippen LogP contribution in [-0.2, 0) is 4.79 Å². The number of halogens is 2. The molecule has 8 nitrogen and oxygen atoms in total. The molecule has 2 aromatic carbocycles. The first-order valence-electron chi connectivity index (χ1n) is 9.85. The molecular weight excluding hydrogens is 423 g/mol. The van der Waals surface area contributed by atoms with Gasteiger partial charge in [-0.2, -0.15) is 0 Å². The first-order chi connectivity index (χ1) is 15.0. The molecule has 1 fully saturated rings. The minimum Gasteiger partial charge on any atom is -0.322 e. The summed E-state index contributed by atoms with van der Waals surface area (Å²) in [6, 6.07) is 11.3. The molecule has 1 N–H and O–H groups in total. The van der Waals surface area contributed by atoms with E-state index in [0.717, 1.165) is 0 Å². The summed E-state index contributed by atoms with van der Waals surface area (Å²) in [6.07, 6.45) is 2.66. The fourth-order valence-corrected chi connectivity index (χ4v) is 3.89. The molecule has 4 rings (SSSR count). The van der Waals surface area contributed by atoms with Crippen molar-refractivity contribution in [3.05, 3.63) is 65.2 Å². The molecule has 10 heteroatoms. The number of nitrogens with one attached hydrogen (secondary N) is 1. The molecule has 1 aromatic heterocycles. The Labute approximate surface area is 183 Å². The van der Waals surface area contributed by atoms with Gasteiger partial charge < -0.3 is 5.32 Å². The molecular formula is C21H20ClFN6O2. The second kappa shape index (κ2) is 9.32. The Hall–Kier alpha value is -3.17. The zero-order chi connectivity index (χ0) is 21.8. The molecule has 0 bridgehead atoms. The van der Waals surface area contributed by atoms with Crippen LogP contribution in [0.25, 0.3) is 5.69 Å². The lowest BCUT2D eigenvalue weighted by Crippen LogP contribution is -2.40. The van der Waals surface area contributed by atoms with Crippen molar-refractivity contribution < 1.29 is 14.0 Å². The van der Waals surface area contributed by atoms with E-state index in [9.17, 15) is 14.0 Å². The average molecular weight is 443 g/mol. The Bertz CT molecular complexity index is 1080. The third kappa shape index (κ3) is 4.95. The van der Waals surface area contributed by atoms with Crippen molar-refractivity contribution in [3.8, 4) is 5.69 Å². The third-order valence-electron chi connectivity index (χ3n) is 5.30.